The number of hydrogen-bond donors (Lipinski definition) is 2. The third-order valence-corrected chi connectivity index (χ3v) is 2.70. The first-order valence-electron chi connectivity index (χ1n) is 5.28. The van der Waals surface area contributed by atoms with Crippen LogP contribution in [0.25, 0.3) is 0 Å². The first kappa shape index (κ1) is 11.4. The van der Waals surface area contributed by atoms with Crippen molar-refractivity contribution < 1.29 is 9.90 Å². The number of pyridine rings is 1. The number of aromatic nitrogens is 1. The van der Waals surface area contributed by atoms with Gasteiger partial charge in [-0.1, -0.05) is 0 Å². The summed E-state index contributed by atoms with van der Waals surface area (Å²) < 4.78 is 0. The van der Waals surface area contributed by atoms with Crippen molar-refractivity contribution >= 4 is 11.8 Å². The Balaban J connectivity index is 2.29. The topological polar surface area (TPSA) is 89.3 Å². The number of aliphatic carboxylic acids is 1. The molecule has 1 aromatic heterocycles. The van der Waals surface area contributed by atoms with Crippen molar-refractivity contribution in [3.63, 3.8) is 0 Å². The SMILES string of the molecule is N#Cc1ccnc(N2CCNC[C@@H]2C(=O)O)c1. The molecule has 2 heterocycles. The first-order chi connectivity index (χ1) is 8.22. The van der Waals surface area contributed by atoms with E-state index >= 15 is 0 Å². The third-order valence-electron chi connectivity index (χ3n) is 2.70. The van der Waals surface area contributed by atoms with E-state index in [-0.39, 0.29) is 0 Å². The van der Waals surface area contributed by atoms with Crippen LogP contribution in [0, 0.1) is 11.3 Å². The molecule has 0 saturated carbocycles. The van der Waals surface area contributed by atoms with Crippen LogP contribution in [0.4, 0.5) is 5.82 Å². The lowest BCUT2D eigenvalue weighted by molar-refractivity contribution is -0.138. The normalized spacial score (nSPS) is 19.7. The highest BCUT2D eigenvalue weighted by Gasteiger charge is 2.29. The summed E-state index contributed by atoms with van der Waals surface area (Å²) in [5.41, 5.74) is 0.484. The van der Waals surface area contributed by atoms with Gasteiger partial charge in [0.05, 0.1) is 11.6 Å². The van der Waals surface area contributed by atoms with Crippen molar-refractivity contribution in [3.8, 4) is 6.07 Å². The molecule has 2 rings (SSSR count). The quantitative estimate of drug-likeness (QED) is 0.735. The van der Waals surface area contributed by atoms with Gasteiger partial charge in [-0.15, -0.1) is 0 Å². The number of piperazine rings is 1. The highest BCUT2D eigenvalue weighted by molar-refractivity contribution is 5.78. The summed E-state index contributed by atoms with van der Waals surface area (Å²) in [5, 5.41) is 21.0. The molecule has 1 fully saturated rings. The van der Waals surface area contributed by atoms with Crippen molar-refractivity contribution in [2.45, 2.75) is 6.04 Å². The number of carboxylic acids is 1. The van der Waals surface area contributed by atoms with Gasteiger partial charge in [-0.3, -0.25) is 0 Å². The Morgan fingerprint density at radius 1 is 1.71 bits per heavy atom. The van der Waals surface area contributed by atoms with E-state index in [0.717, 1.165) is 0 Å². The molecular formula is C11H12N4O2. The number of carboxylic acid groups (broad SMARTS) is 1. The van der Waals surface area contributed by atoms with Crippen LogP contribution in [0.1, 0.15) is 5.56 Å². The van der Waals surface area contributed by atoms with Gasteiger partial charge in [0.2, 0.25) is 0 Å². The number of nitrogens with zero attached hydrogens (tertiary/aromatic N) is 3. The lowest BCUT2D eigenvalue weighted by Gasteiger charge is -2.34. The molecule has 0 aromatic carbocycles. The largest absolute Gasteiger partial charge is 0.480 e. The van der Waals surface area contributed by atoms with Crippen molar-refractivity contribution in [2.75, 3.05) is 24.5 Å². The minimum absolute atomic E-state index is 0.383. The smallest absolute Gasteiger partial charge is 0.327 e. The lowest BCUT2D eigenvalue weighted by atomic mass is 10.2. The molecule has 0 unspecified atom stereocenters. The molecule has 6 heteroatoms. The van der Waals surface area contributed by atoms with Crippen LogP contribution >= 0.6 is 0 Å². The standard InChI is InChI=1S/C11H12N4O2/c12-6-8-1-2-14-10(5-8)15-4-3-13-7-9(15)11(16)17/h1-2,5,9,13H,3-4,7H2,(H,16,17)/t9-/m1/s1. The maximum absolute atomic E-state index is 11.1. The highest BCUT2D eigenvalue weighted by atomic mass is 16.4. The van der Waals surface area contributed by atoms with Crippen LogP contribution in [0.3, 0.4) is 0 Å². The van der Waals surface area contributed by atoms with Gasteiger partial charge in [0.25, 0.3) is 0 Å². The predicted molar refractivity (Wildman–Crippen MR) is 60.6 cm³/mol. The molecule has 1 aliphatic heterocycles. The van der Waals surface area contributed by atoms with E-state index in [1.165, 1.54) is 6.20 Å². The fourth-order valence-corrected chi connectivity index (χ4v) is 1.84. The summed E-state index contributed by atoms with van der Waals surface area (Å²) in [6.45, 7) is 1.66. The second kappa shape index (κ2) is 4.80. The van der Waals surface area contributed by atoms with E-state index < -0.39 is 12.0 Å². The van der Waals surface area contributed by atoms with Crippen molar-refractivity contribution in [1.82, 2.24) is 10.3 Å². The molecule has 17 heavy (non-hydrogen) atoms. The molecule has 2 N–H and O–H groups in total. The number of hydrogen-bond acceptors (Lipinski definition) is 5. The van der Waals surface area contributed by atoms with Crippen LogP contribution in [0.2, 0.25) is 0 Å². The zero-order valence-corrected chi connectivity index (χ0v) is 9.13. The number of rotatable bonds is 2. The summed E-state index contributed by atoms with van der Waals surface area (Å²) in [7, 11) is 0. The molecule has 1 atom stereocenters. The second-order valence-corrected chi connectivity index (χ2v) is 3.77. The summed E-state index contributed by atoms with van der Waals surface area (Å²) in [6, 6.07) is 4.60. The minimum atomic E-state index is -0.888. The Labute approximate surface area is 98.5 Å². The summed E-state index contributed by atoms with van der Waals surface area (Å²) >= 11 is 0. The van der Waals surface area contributed by atoms with E-state index in [1.54, 1.807) is 17.0 Å². The Bertz CT molecular complexity index is 469. The summed E-state index contributed by atoms with van der Waals surface area (Å²) in [6.07, 6.45) is 1.52. The second-order valence-electron chi connectivity index (χ2n) is 3.77. The van der Waals surface area contributed by atoms with E-state index in [1.807, 2.05) is 6.07 Å². The Hall–Kier alpha value is -2.13. The maximum atomic E-state index is 11.1. The van der Waals surface area contributed by atoms with Crippen molar-refractivity contribution in [3.05, 3.63) is 23.9 Å². The molecule has 0 spiro atoms. The molecule has 0 radical (unpaired) electrons. The molecule has 0 bridgehead atoms. The van der Waals surface area contributed by atoms with Crippen LogP contribution in [-0.4, -0.2) is 41.7 Å². The van der Waals surface area contributed by atoms with Crippen LogP contribution in [0.15, 0.2) is 18.3 Å². The first-order valence-corrected chi connectivity index (χ1v) is 5.28. The van der Waals surface area contributed by atoms with Gasteiger partial charge in [0, 0.05) is 25.8 Å². The van der Waals surface area contributed by atoms with Crippen LogP contribution < -0.4 is 10.2 Å². The number of anilines is 1. The van der Waals surface area contributed by atoms with Gasteiger partial charge >= 0.3 is 5.97 Å². The zero-order chi connectivity index (χ0) is 12.3. The average Bonchev–Trinajstić information content (AvgIpc) is 2.39. The molecule has 1 aliphatic rings. The monoisotopic (exact) mass is 232 g/mol. The number of nitriles is 1. The Morgan fingerprint density at radius 3 is 3.24 bits per heavy atom. The lowest BCUT2D eigenvalue weighted by Crippen LogP contribution is -2.55. The van der Waals surface area contributed by atoms with Gasteiger partial charge in [-0.25, -0.2) is 9.78 Å². The Kier molecular flexibility index (Phi) is 3.21. The molecular weight excluding hydrogens is 220 g/mol. The van der Waals surface area contributed by atoms with Gasteiger partial charge in [-0.05, 0) is 12.1 Å². The highest BCUT2D eigenvalue weighted by Crippen LogP contribution is 2.16. The predicted octanol–water partition coefficient (Wildman–Crippen LogP) is -0.184. The molecule has 6 nitrogen and oxygen atoms in total. The molecule has 0 amide bonds. The minimum Gasteiger partial charge on any atom is -0.480 e. The van der Waals surface area contributed by atoms with Crippen LogP contribution in [0.5, 0.6) is 0 Å². The molecule has 88 valence electrons. The Morgan fingerprint density at radius 2 is 2.53 bits per heavy atom. The average molecular weight is 232 g/mol. The summed E-state index contributed by atoms with van der Waals surface area (Å²) in [5.74, 6) is -0.348. The summed E-state index contributed by atoms with van der Waals surface area (Å²) in [4.78, 5) is 17.0. The third kappa shape index (κ3) is 2.34. The van der Waals surface area contributed by atoms with Crippen molar-refractivity contribution in [1.29, 1.82) is 5.26 Å². The zero-order valence-electron chi connectivity index (χ0n) is 9.13. The van der Waals surface area contributed by atoms with Crippen molar-refractivity contribution in [2.24, 2.45) is 0 Å². The van der Waals surface area contributed by atoms with E-state index in [9.17, 15) is 4.79 Å². The van der Waals surface area contributed by atoms with Gasteiger partial charge in [0.15, 0.2) is 0 Å². The fraction of sp³-hybridized carbons (Fsp3) is 0.364. The molecule has 1 aromatic rings. The number of carbonyl (C=O) groups is 1. The van der Waals surface area contributed by atoms with Gasteiger partial charge in [-0.2, -0.15) is 5.26 Å². The van der Waals surface area contributed by atoms with Crippen LogP contribution in [-0.2, 0) is 4.79 Å². The van der Waals surface area contributed by atoms with E-state index in [0.29, 0.717) is 31.0 Å². The van der Waals surface area contributed by atoms with Gasteiger partial charge in [0.1, 0.15) is 11.9 Å². The maximum Gasteiger partial charge on any atom is 0.327 e. The molecule has 0 aliphatic carbocycles. The molecule has 1 saturated heterocycles. The van der Waals surface area contributed by atoms with Gasteiger partial charge < -0.3 is 15.3 Å². The van der Waals surface area contributed by atoms with E-state index in [2.05, 4.69) is 10.3 Å². The fourth-order valence-electron chi connectivity index (χ4n) is 1.84. The number of nitrogens with one attached hydrogen (secondary N) is 1. The van der Waals surface area contributed by atoms with E-state index in [4.69, 9.17) is 10.4 Å².